The lowest BCUT2D eigenvalue weighted by Crippen LogP contribution is -2.22. The molecule has 0 bridgehead atoms. The minimum Gasteiger partial charge on any atom is -0.465 e. The van der Waals surface area contributed by atoms with E-state index >= 15 is 0 Å². The Hall–Kier alpha value is -2.10. The Labute approximate surface area is 106 Å². The molecule has 0 aliphatic heterocycles. The van der Waals surface area contributed by atoms with Crippen molar-refractivity contribution in [2.45, 2.75) is 26.4 Å². The fourth-order valence-electron chi connectivity index (χ4n) is 1.17. The van der Waals surface area contributed by atoms with Crippen LogP contribution in [0.25, 0.3) is 0 Å². The minimum absolute atomic E-state index is 0.478. The lowest BCUT2D eigenvalue weighted by molar-refractivity contribution is -0.148. The average Bonchev–Trinajstić information content (AvgIpc) is 2.27. The third kappa shape index (κ3) is 5.30. The fraction of sp³-hybridized carbons (Fsp3) is 0.286. The van der Waals surface area contributed by atoms with Gasteiger partial charge in [-0.25, -0.2) is 4.79 Å². The van der Waals surface area contributed by atoms with Crippen molar-refractivity contribution in [1.29, 1.82) is 0 Å². The Bertz CT molecular complexity index is 455. The summed E-state index contributed by atoms with van der Waals surface area (Å²) < 4.78 is 10.3. The predicted molar refractivity (Wildman–Crippen MR) is 67.4 cm³/mol. The average molecular weight is 248 g/mol. The van der Waals surface area contributed by atoms with Gasteiger partial charge >= 0.3 is 5.97 Å². The van der Waals surface area contributed by atoms with Gasteiger partial charge in [0.2, 0.25) is 0 Å². The van der Waals surface area contributed by atoms with E-state index in [1.165, 1.54) is 12.3 Å². The van der Waals surface area contributed by atoms with Gasteiger partial charge in [0.15, 0.2) is 0 Å². The minimum atomic E-state index is -0.529. The number of hydrogen-bond donors (Lipinski definition) is 0. The van der Waals surface area contributed by atoms with E-state index in [0.29, 0.717) is 11.3 Å². The number of carbonyl (C=O) groups excluding carboxylic acids is 2. The smallest absolute Gasteiger partial charge is 0.334 e. The van der Waals surface area contributed by atoms with Crippen LogP contribution in [0.5, 0.6) is 5.75 Å². The lowest BCUT2D eigenvalue weighted by Gasteiger charge is -2.17. The SMILES string of the molecule is CC(C)(C)OC(=O)/C=C\Oc1cccc(C=O)c1. The molecular weight excluding hydrogens is 232 g/mol. The monoisotopic (exact) mass is 248 g/mol. The molecule has 0 heterocycles. The van der Waals surface area contributed by atoms with Gasteiger partial charge in [-0.3, -0.25) is 4.79 Å². The van der Waals surface area contributed by atoms with Crippen molar-refractivity contribution in [3.05, 3.63) is 42.2 Å². The van der Waals surface area contributed by atoms with Crippen LogP contribution < -0.4 is 4.74 Å². The Kier molecular flexibility index (Phi) is 4.66. The first-order valence-electron chi connectivity index (χ1n) is 5.52. The molecule has 1 aromatic carbocycles. The zero-order valence-electron chi connectivity index (χ0n) is 10.7. The van der Waals surface area contributed by atoms with Crippen LogP contribution in [-0.4, -0.2) is 17.9 Å². The maximum Gasteiger partial charge on any atom is 0.334 e. The van der Waals surface area contributed by atoms with Crippen LogP contribution in [0.15, 0.2) is 36.6 Å². The molecule has 0 amide bonds. The molecule has 0 atom stereocenters. The van der Waals surface area contributed by atoms with Gasteiger partial charge in [-0.15, -0.1) is 0 Å². The normalized spacial score (nSPS) is 11.3. The van der Waals surface area contributed by atoms with Crippen molar-refractivity contribution < 1.29 is 19.1 Å². The predicted octanol–water partition coefficient (Wildman–Crippen LogP) is 2.73. The number of hydrogen-bond acceptors (Lipinski definition) is 4. The molecule has 0 aromatic heterocycles. The van der Waals surface area contributed by atoms with Crippen LogP contribution in [-0.2, 0) is 9.53 Å². The molecule has 0 aliphatic carbocycles. The van der Waals surface area contributed by atoms with E-state index in [1.807, 2.05) is 0 Å². The van der Waals surface area contributed by atoms with E-state index in [1.54, 1.807) is 45.0 Å². The van der Waals surface area contributed by atoms with Crippen molar-refractivity contribution in [2.24, 2.45) is 0 Å². The van der Waals surface area contributed by atoms with E-state index in [2.05, 4.69) is 0 Å². The molecule has 0 N–H and O–H groups in total. The first-order valence-corrected chi connectivity index (χ1v) is 5.52. The summed E-state index contributed by atoms with van der Waals surface area (Å²) in [5.74, 6) is 0.00782. The highest BCUT2D eigenvalue weighted by Crippen LogP contribution is 2.12. The lowest BCUT2D eigenvalue weighted by atomic mass is 10.2. The summed E-state index contributed by atoms with van der Waals surface area (Å²) in [4.78, 5) is 21.9. The van der Waals surface area contributed by atoms with Crippen molar-refractivity contribution in [3.63, 3.8) is 0 Å². The standard InChI is InChI=1S/C14H16O4/c1-14(2,3)18-13(16)7-8-17-12-6-4-5-11(9-12)10-15/h4-10H,1-3H3/b8-7-. The van der Waals surface area contributed by atoms with Gasteiger partial charge in [-0.2, -0.15) is 0 Å². The van der Waals surface area contributed by atoms with E-state index in [-0.39, 0.29) is 0 Å². The van der Waals surface area contributed by atoms with Crippen molar-refractivity contribution in [1.82, 2.24) is 0 Å². The molecule has 0 saturated heterocycles. The van der Waals surface area contributed by atoms with Crippen LogP contribution in [0.4, 0.5) is 0 Å². The van der Waals surface area contributed by atoms with Crippen LogP contribution in [0, 0.1) is 0 Å². The van der Waals surface area contributed by atoms with Crippen LogP contribution in [0.2, 0.25) is 0 Å². The summed E-state index contributed by atoms with van der Waals surface area (Å²) in [6, 6.07) is 6.62. The maximum absolute atomic E-state index is 11.3. The molecule has 0 saturated carbocycles. The Morgan fingerprint density at radius 2 is 2.00 bits per heavy atom. The molecule has 96 valence electrons. The molecule has 4 nitrogen and oxygen atoms in total. The number of ether oxygens (including phenoxy) is 2. The van der Waals surface area contributed by atoms with Gasteiger partial charge in [0.25, 0.3) is 0 Å². The zero-order chi connectivity index (χ0) is 13.6. The molecular formula is C14H16O4. The van der Waals surface area contributed by atoms with Crippen LogP contribution in [0.3, 0.4) is 0 Å². The van der Waals surface area contributed by atoms with Crippen molar-refractivity contribution in [2.75, 3.05) is 0 Å². The number of esters is 1. The van der Waals surface area contributed by atoms with Crippen LogP contribution in [0.1, 0.15) is 31.1 Å². The summed E-state index contributed by atoms with van der Waals surface area (Å²) in [6.07, 6.45) is 3.15. The van der Waals surface area contributed by atoms with E-state index in [4.69, 9.17) is 9.47 Å². The Morgan fingerprint density at radius 3 is 2.61 bits per heavy atom. The van der Waals surface area contributed by atoms with E-state index < -0.39 is 11.6 Å². The van der Waals surface area contributed by atoms with Gasteiger partial charge in [-0.05, 0) is 32.9 Å². The molecule has 18 heavy (non-hydrogen) atoms. The molecule has 0 spiro atoms. The summed E-state index contributed by atoms with van der Waals surface area (Å²) in [6.45, 7) is 5.35. The summed E-state index contributed by atoms with van der Waals surface area (Å²) in [7, 11) is 0. The third-order valence-corrected chi connectivity index (χ3v) is 1.81. The highest BCUT2D eigenvalue weighted by atomic mass is 16.6. The van der Waals surface area contributed by atoms with Crippen molar-refractivity contribution in [3.8, 4) is 5.75 Å². The number of benzene rings is 1. The molecule has 4 heteroatoms. The summed E-state index contributed by atoms with van der Waals surface area (Å²) in [5, 5.41) is 0. The second kappa shape index (κ2) is 6.00. The summed E-state index contributed by atoms with van der Waals surface area (Å²) in [5.41, 5.74) is -0.0167. The van der Waals surface area contributed by atoms with Crippen LogP contribution >= 0.6 is 0 Å². The second-order valence-corrected chi connectivity index (χ2v) is 4.64. The molecule has 0 unspecified atom stereocenters. The third-order valence-electron chi connectivity index (χ3n) is 1.81. The van der Waals surface area contributed by atoms with Gasteiger partial charge in [0, 0.05) is 5.56 Å². The molecule has 0 fully saturated rings. The number of aldehydes is 1. The zero-order valence-corrected chi connectivity index (χ0v) is 10.7. The van der Waals surface area contributed by atoms with Gasteiger partial charge in [0.1, 0.15) is 17.6 Å². The maximum atomic E-state index is 11.3. The Balaban J connectivity index is 2.54. The van der Waals surface area contributed by atoms with Crippen molar-refractivity contribution >= 4 is 12.3 Å². The number of carbonyl (C=O) groups is 2. The van der Waals surface area contributed by atoms with Gasteiger partial charge < -0.3 is 9.47 Å². The topological polar surface area (TPSA) is 52.6 Å². The quantitative estimate of drug-likeness (QED) is 0.356. The molecule has 1 aromatic rings. The van der Waals surface area contributed by atoms with Gasteiger partial charge in [-0.1, -0.05) is 12.1 Å². The second-order valence-electron chi connectivity index (χ2n) is 4.64. The first kappa shape index (κ1) is 14.0. The first-order chi connectivity index (χ1) is 8.40. The highest BCUT2D eigenvalue weighted by molar-refractivity contribution is 5.82. The largest absolute Gasteiger partial charge is 0.465 e. The summed E-state index contributed by atoms with van der Waals surface area (Å²) >= 11 is 0. The molecule has 1 rings (SSSR count). The molecule has 0 aliphatic rings. The van der Waals surface area contributed by atoms with Gasteiger partial charge in [0.05, 0.1) is 12.3 Å². The number of rotatable bonds is 4. The Morgan fingerprint density at radius 1 is 1.28 bits per heavy atom. The van der Waals surface area contributed by atoms with E-state index in [0.717, 1.165) is 6.29 Å². The molecule has 0 radical (unpaired) electrons. The highest BCUT2D eigenvalue weighted by Gasteiger charge is 2.13. The van der Waals surface area contributed by atoms with E-state index in [9.17, 15) is 9.59 Å². The fourth-order valence-corrected chi connectivity index (χ4v) is 1.17.